The highest BCUT2D eigenvalue weighted by molar-refractivity contribution is 6.42. The summed E-state index contributed by atoms with van der Waals surface area (Å²) in [6, 6.07) is 10.2. The summed E-state index contributed by atoms with van der Waals surface area (Å²) in [5.41, 5.74) is 1.62. The molecule has 0 spiro atoms. The molecule has 0 saturated carbocycles. The number of urea groups is 1. The van der Waals surface area contributed by atoms with Gasteiger partial charge in [0.15, 0.2) is 0 Å². The van der Waals surface area contributed by atoms with Crippen molar-refractivity contribution in [3.8, 4) is 5.75 Å². The van der Waals surface area contributed by atoms with E-state index < -0.39 is 23.4 Å². The van der Waals surface area contributed by atoms with Gasteiger partial charge in [-0.2, -0.15) is 5.01 Å². The van der Waals surface area contributed by atoms with Gasteiger partial charge in [0.2, 0.25) is 0 Å². The van der Waals surface area contributed by atoms with Gasteiger partial charge in [-0.1, -0.05) is 35.3 Å². The molecule has 2 aromatic rings. The van der Waals surface area contributed by atoms with Crippen LogP contribution in [0.5, 0.6) is 5.75 Å². The van der Waals surface area contributed by atoms with Gasteiger partial charge in [-0.3, -0.25) is 15.0 Å². The molecule has 2 N–H and O–H groups in total. The minimum Gasteiger partial charge on any atom is -0.497 e. The third-order valence-corrected chi connectivity index (χ3v) is 4.97. The number of ether oxygens (including phenoxy) is 1. The smallest absolute Gasteiger partial charge is 0.344 e. The number of benzene rings is 2. The maximum Gasteiger partial charge on any atom is 0.344 e. The summed E-state index contributed by atoms with van der Waals surface area (Å²) in [6.45, 7) is 1.55. The highest BCUT2D eigenvalue weighted by Crippen LogP contribution is 2.30. The van der Waals surface area contributed by atoms with Crippen LogP contribution in [-0.4, -0.2) is 30.0 Å². The van der Waals surface area contributed by atoms with E-state index in [0.29, 0.717) is 16.3 Å². The highest BCUT2D eigenvalue weighted by atomic mass is 35.5. The lowest BCUT2D eigenvalue weighted by Gasteiger charge is -2.22. The number of nitrogens with one attached hydrogen (secondary N) is 2. The SMILES string of the molecule is COc1cccc([C@]2(C)NC(=O)N(NC(=O)c3ccc(Cl)c(Cl)c3)C2=O)c1. The fraction of sp³-hybridized carbons (Fsp3) is 0.167. The number of hydrazine groups is 1. The van der Waals surface area contributed by atoms with Crippen LogP contribution >= 0.6 is 23.2 Å². The van der Waals surface area contributed by atoms with E-state index in [4.69, 9.17) is 27.9 Å². The molecule has 1 aliphatic rings. The van der Waals surface area contributed by atoms with Crippen LogP contribution < -0.4 is 15.5 Å². The van der Waals surface area contributed by atoms with Crippen molar-refractivity contribution < 1.29 is 19.1 Å². The molecule has 0 aliphatic carbocycles. The first kappa shape index (κ1) is 19.0. The Kier molecular flexibility index (Phi) is 4.99. The van der Waals surface area contributed by atoms with Crippen LogP contribution in [0.15, 0.2) is 42.5 Å². The molecule has 1 fully saturated rings. The summed E-state index contributed by atoms with van der Waals surface area (Å²) >= 11 is 11.7. The van der Waals surface area contributed by atoms with E-state index in [1.807, 2.05) is 0 Å². The van der Waals surface area contributed by atoms with E-state index in [-0.39, 0.29) is 15.6 Å². The van der Waals surface area contributed by atoms with E-state index in [0.717, 1.165) is 0 Å². The van der Waals surface area contributed by atoms with Gasteiger partial charge in [0.1, 0.15) is 11.3 Å². The maximum absolute atomic E-state index is 12.9. The Hall–Kier alpha value is -2.77. The molecule has 1 saturated heterocycles. The molecule has 0 radical (unpaired) electrons. The van der Waals surface area contributed by atoms with Gasteiger partial charge in [0.05, 0.1) is 17.2 Å². The van der Waals surface area contributed by atoms with Crippen molar-refractivity contribution in [3.63, 3.8) is 0 Å². The molecule has 7 nitrogen and oxygen atoms in total. The summed E-state index contributed by atoms with van der Waals surface area (Å²) in [6.07, 6.45) is 0. The third kappa shape index (κ3) is 3.43. The Morgan fingerprint density at radius 3 is 2.56 bits per heavy atom. The molecule has 1 heterocycles. The van der Waals surface area contributed by atoms with Crippen LogP contribution in [-0.2, 0) is 10.3 Å². The van der Waals surface area contributed by atoms with Gasteiger partial charge in [-0.05, 0) is 42.8 Å². The number of carbonyl (C=O) groups excluding carboxylic acids is 3. The Balaban J connectivity index is 1.85. The number of amides is 4. The van der Waals surface area contributed by atoms with E-state index in [1.54, 1.807) is 31.2 Å². The van der Waals surface area contributed by atoms with Gasteiger partial charge in [0, 0.05) is 5.56 Å². The quantitative estimate of drug-likeness (QED) is 0.762. The number of rotatable bonds is 4. The number of nitrogens with zero attached hydrogens (tertiary/aromatic N) is 1. The summed E-state index contributed by atoms with van der Waals surface area (Å²) in [5, 5.41) is 3.71. The van der Waals surface area contributed by atoms with Crippen molar-refractivity contribution in [2.24, 2.45) is 0 Å². The monoisotopic (exact) mass is 407 g/mol. The van der Waals surface area contributed by atoms with E-state index >= 15 is 0 Å². The van der Waals surface area contributed by atoms with Crippen molar-refractivity contribution in [3.05, 3.63) is 63.6 Å². The molecular formula is C18H15Cl2N3O4. The molecule has 1 aliphatic heterocycles. The van der Waals surface area contributed by atoms with Gasteiger partial charge >= 0.3 is 6.03 Å². The lowest BCUT2D eigenvalue weighted by molar-refractivity contribution is -0.132. The number of imide groups is 1. The molecule has 27 heavy (non-hydrogen) atoms. The molecule has 2 aromatic carbocycles. The Bertz CT molecular complexity index is 950. The van der Waals surface area contributed by atoms with Gasteiger partial charge < -0.3 is 10.1 Å². The molecular weight excluding hydrogens is 393 g/mol. The molecule has 0 aromatic heterocycles. The fourth-order valence-electron chi connectivity index (χ4n) is 2.67. The van der Waals surface area contributed by atoms with Crippen molar-refractivity contribution in [2.75, 3.05) is 7.11 Å². The number of hydrogen-bond acceptors (Lipinski definition) is 4. The zero-order valence-corrected chi connectivity index (χ0v) is 15.9. The number of methoxy groups -OCH3 is 1. The Labute approximate surface area is 165 Å². The van der Waals surface area contributed by atoms with Gasteiger partial charge in [-0.15, -0.1) is 0 Å². The first-order valence-electron chi connectivity index (χ1n) is 7.83. The summed E-state index contributed by atoms with van der Waals surface area (Å²) in [5.74, 6) is -0.768. The highest BCUT2D eigenvalue weighted by Gasteiger charge is 2.50. The minimum atomic E-state index is -1.35. The molecule has 140 valence electrons. The van der Waals surface area contributed by atoms with E-state index in [2.05, 4.69) is 10.7 Å². The average Bonchev–Trinajstić information content (AvgIpc) is 2.88. The second kappa shape index (κ2) is 7.09. The Morgan fingerprint density at radius 2 is 1.89 bits per heavy atom. The number of halogens is 2. The topological polar surface area (TPSA) is 87.7 Å². The number of carbonyl (C=O) groups is 3. The van der Waals surface area contributed by atoms with Gasteiger partial charge in [-0.25, -0.2) is 4.79 Å². The molecule has 3 rings (SSSR count). The predicted octanol–water partition coefficient (Wildman–Crippen LogP) is 3.11. The normalized spacial score (nSPS) is 19.0. The predicted molar refractivity (Wildman–Crippen MR) is 99.7 cm³/mol. The van der Waals surface area contributed by atoms with Gasteiger partial charge in [0.25, 0.3) is 11.8 Å². The fourth-order valence-corrected chi connectivity index (χ4v) is 2.97. The summed E-state index contributed by atoms with van der Waals surface area (Å²) in [4.78, 5) is 37.6. The molecule has 0 unspecified atom stereocenters. The summed E-state index contributed by atoms with van der Waals surface area (Å²) in [7, 11) is 1.50. The summed E-state index contributed by atoms with van der Waals surface area (Å²) < 4.78 is 5.16. The average molecular weight is 408 g/mol. The van der Waals surface area contributed by atoms with Crippen LogP contribution in [0.4, 0.5) is 4.79 Å². The largest absolute Gasteiger partial charge is 0.497 e. The van der Waals surface area contributed by atoms with Crippen LogP contribution in [0.3, 0.4) is 0 Å². The molecule has 9 heteroatoms. The first-order valence-corrected chi connectivity index (χ1v) is 8.59. The maximum atomic E-state index is 12.9. The van der Waals surface area contributed by atoms with E-state index in [9.17, 15) is 14.4 Å². The molecule has 1 atom stereocenters. The zero-order chi connectivity index (χ0) is 19.8. The van der Waals surface area contributed by atoms with Crippen LogP contribution in [0, 0.1) is 0 Å². The standard InChI is InChI=1S/C18H15Cl2N3O4/c1-18(11-4-3-5-12(9-11)27-2)16(25)23(17(26)21-18)22-15(24)10-6-7-13(19)14(20)8-10/h3-9H,1-2H3,(H,21,26)(H,22,24)/t18-/m0/s1. The number of hydrogen-bond donors (Lipinski definition) is 2. The van der Waals surface area contributed by atoms with Crippen LogP contribution in [0.1, 0.15) is 22.8 Å². The minimum absolute atomic E-state index is 0.153. The molecule has 0 bridgehead atoms. The van der Waals surface area contributed by atoms with Crippen molar-refractivity contribution >= 4 is 41.0 Å². The van der Waals surface area contributed by atoms with Crippen molar-refractivity contribution in [1.82, 2.24) is 15.8 Å². The molecule has 4 amide bonds. The van der Waals surface area contributed by atoms with Crippen LogP contribution in [0.25, 0.3) is 0 Å². The van der Waals surface area contributed by atoms with Crippen molar-refractivity contribution in [1.29, 1.82) is 0 Å². The second-order valence-electron chi connectivity index (χ2n) is 6.00. The van der Waals surface area contributed by atoms with Crippen molar-refractivity contribution in [2.45, 2.75) is 12.5 Å². The van der Waals surface area contributed by atoms with E-state index in [1.165, 1.54) is 25.3 Å². The first-order chi connectivity index (χ1) is 12.8. The Morgan fingerprint density at radius 1 is 1.15 bits per heavy atom. The lowest BCUT2D eigenvalue weighted by Crippen LogP contribution is -2.47. The van der Waals surface area contributed by atoms with Crippen LogP contribution in [0.2, 0.25) is 10.0 Å². The third-order valence-electron chi connectivity index (χ3n) is 4.23. The lowest BCUT2D eigenvalue weighted by atomic mass is 9.92. The second-order valence-corrected chi connectivity index (χ2v) is 6.81. The zero-order valence-electron chi connectivity index (χ0n) is 14.4.